The Morgan fingerprint density at radius 3 is 2.95 bits per heavy atom. The van der Waals surface area contributed by atoms with Crippen LogP contribution in [0.2, 0.25) is 0 Å². The Kier molecular flexibility index (Phi) is 4.20. The number of nitrogens with zero attached hydrogens (tertiary/aromatic N) is 1. The van der Waals surface area contributed by atoms with Crippen LogP contribution in [0.3, 0.4) is 0 Å². The van der Waals surface area contributed by atoms with Gasteiger partial charge in [0.1, 0.15) is 5.82 Å². The van der Waals surface area contributed by atoms with E-state index in [9.17, 15) is 9.18 Å². The topological polar surface area (TPSA) is 40.5 Å². The maximum Gasteiger partial charge on any atom is 0.328 e. The molecule has 0 saturated carbocycles. The van der Waals surface area contributed by atoms with Crippen molar-refractivity contribution in [3.8, 4) is 0 Å². The molecular formula is C15H18FNO2. The van der Waals surface area contributed by atoms with Gasteiger partial charge < -0.3 is 10.0 Å². The zero-order valence-corrected chi connectivity index (χ0v) is 11.0. The fourth-order valence-electron chi connectivity index (χ4n) is 2.54. The summed E-state index contributed by atoms with van der Waals surface area (Å²) < 4.78 is 13.3. The van der Waals surface area contributed by atoms with Crippen LogP contribution in [0.25, 0.3) is 6.08 Å². The summed E-state index contributed by atoms with van der Waals surface area (Å²) in [6, 6.07) is 4.94. The van der Waals surface area contributed by atoms with Gasteiger partial charge in [-0.2, -0.15) is 0 Å². The van der Waals surface area contributed by atoms with Crippen molar-refractivity contribution in [3.05, 3.63) is 35.7 Å². The van der Waals surface area contributed by atoms with Gasteiger partial charge in [-0.3, -0.25) is 0 Å². The van der Waals surface area contributed by atoms with E-state index in [1.54, 1.807) is 6.07 Å². The number of carboxylic acid groups (broad SMARTS) is 1. The predicted molar refractivity (Wildman–Crippen MR) is 73.7 cm³/mol. The van der Waals surface area contributed by atoms with Crippen molar-refractivity contribution >= 4 is 17.7 Å². The van der Waals surface area contributed by atoms with E-state index < -0.39 is 5.97 Å². The summed E-state index contributed by atoms with van der Waals surface area (Å²) in [7, 11) is 0. The number of piperidine rings is 1. The molecule has 0 radical (unpaired) electrons. The summed E-state index contributed by atoms with van der Waals surface area (Å²) in [5.74, 6) is -1.37. The average Bonchev–Trinajstić information content (AvgIpc) is 2.37. The standard InChI is InChI=1S/C15H18FNO2/c1-11-4-2-3-9-17(11)14-7-6-13(16)10-12(14)5-8-15(18)19/h5-8,10-11H,2-4,9H2,1H3,(H,18,19)/b8-5+. The van der Waals surface area contributed by atoms with Gasteiger partial charge in [-0.25, -0.2) is 9.18 Å². The molecule has 19 heavy (non-hydrogen) atoms. The summed E-state index contributed by atoms with van der Waals surface area (Å²) in [6.07, 6.45) is 5.94. The molecule has 1 aromatic rings. The van der Waals surface area contributed by atoms with Crippen molar-refractivity contribution in [2.75, 3.05) is 11.4 Å². The second kappa shape index (κ2) is 5.87. The van der Waals surface area contributed by atoms with Gasteiger partial charge in [-0.15, -0.1) is 0 Å². The second-order valence-electron chi connectivity index (χ2n) is 4.91. The van der Waals surface area contributed by atoms with Crippen LogP contribution in [0.1, 0.15) is 31.7 Å². The molecule has 1 heterocycles. The fraction of sp³-hybridized carbons (Fsp3) is 0.400. The van der Waals surface area contributed by atoms with Crippen molar-refractivity contribution < 1.29 is 14.3 Å². The molecule has 1 aliphatic heterocycles. The molecule has 0 aromatic heterocycles. The van der Waals surface area contributed by atoms with Crippen molar-refractivity contribution in [1.29, 1.82) is 0 Å². The van der Waals surface area contributed by atoms with Gasteiger partial charge in [0, 0.05) is 29.9 Å². The molecule has 4 heteroatoms. The minimum atomic E-state index is -1.03. The van der Waals surface area contributed by atoms with Crippen LogP contribution in [-0.4, -0.2) is 23.7 Å². The Labute approximate surface area is 112 Å². The second-order valence-corrected chi connectivity index (χ2v) is 4.91. The third kappa shape index (κ3) is 3.34. The van der Waals surface area contributed by atoms with Crippen LogP contribution >= 0.6 is 0 Å². The largest absolute Gasteiger partial charge is 0.478 e. The zero-order chi connectivity index (χ0) is 13.8. The Balaban J connectivity index is 2.35. The van der Waals surface area contributed by atoms with Crippen molar-refractivity contribution in [2.24, 2.45) is 0 Å². The molecule has 1 saturated heterocycles. The molecule has 102 valence electrons. The molecule has 0 aliphatic carbocycles. The lowest BCUT2D eigenvalue weighted by Crippen LogP contribution is -2.37. The van der Waals surface area contributed by atoms with Crippen LogP contribution in [0.5, 0.6) is 0 Å². The Bertz CT molecular complexity index is 499. The maximum atomic E-state index is 13.3. The highest BCUT2D eigenvalue weighted by atomic mass is 19.1. The number of carboxylic acids is 1. The lowest BCUT2D eigenvalue weighted by Gasteiger charge is -2.36. The molecule has 0 spiro atoms. The fourth-order valence-corrected chi connectivity index (χ4v) is 2.54. The molecule has 0 amide bonds. The van der Waals surface area contributed by atoms with E-state index in [0.717, 1.165) is 31.1 Å². The van der Waals surface area contributed by atoms with E-state index in [1.165, 1.54) is 24.6 Å². The lowest BCUT2D eigenvalue weighted by atomic mass is 10.0. The monoisotopic (exact) mass is 263 g/mol. The molecule has 1 atom stereocenters. The smallest absolute Gasteiger partial charge is 0.328 e. The van der Waals surface area contributed by atoms with Gasteiger partial charge in [0.15, 0.2) is 0 Å². The highest BCUT2D eigenvalue weighted by Gasteiger charge is 2.20. The molecule has 1 N–H and O–H groups in total. The Morgan fingerprint density at radius 2 is 2.26 bits per heavy atom. The minimum Gasteiger partial charge on any atom is -0.478 e. The quantitative estimate of drug-likeness (QED) is 0.851. The van der Waals surface area contributed by atoms with Gasteiger partial charge in [0.05, 0.1) is 0 Å². The van der Waals surface area contributed by atoms with E-state index in [4.69, 9.17) is 5.11 Å². The molecule has 1 unspecified atom stereocenters. The normalized spacial score (nSPS) is 19.9. The Hall–Kier alpha value is -1.84. The minimum absolute atomic E-state index is 0.349. The third-order valence-electron chi connectivity index (χ3n) is 3.51. The number of anilines is 1. The van der Waals surface area contributed by atoms with Crippen LogP contribution in [0.4, 0.5) is 10.1 Å². The molecule has 1 aliphatic rings. The molecule has 0 bridgehead atoms. The van der Waals surface area contributed by atoms with Gasteiger partial charge in [-0.05, 0) is 50.5 Å². The van der Waals surface area contributed by atoms with Crippen LogP contribution < -0.4 is 4.90 Å². The highest BCUT2D eigenvalue weighted by Crippen LogP contribution is 2.29. The van der Waals surface area contributed by atoms with E-state index >= 15 is 0 Å². The van der Waals surface area contributed by atoms with Crippen LogP contribution in [0.15, 0.2) is 24.3 Å². The first-order valence-electron chi connectivity index (χ1n) is 6.55. The number of carbonyl (C=O) groups is 1. The van der Waals surface area contributed by atoms with Gasteiger partial charge >= 0.3 is 5.97 Å². The number of rotatable bonds is 3. The number of aliphatic carboxylic acids is 1. The number of benzene rings is 1. The van der Waals surface area contributed by atoms with Crippen molar-refractivity contribution in [1.82, 2.24) is 0 Å². The van der Waals surface area contributed by atoms with Crippen LogP contribution in [-0.2, 0) is 4.79 Å². The van der Waals surface area contributed by atoms with Crippen molar-refractivity contribution in [2.45, 2.75) is 32.2 Å². The molecule has 1 fully saturated rings. The van der Waals surface area contributed by atoms with Gasteiger partial charge in [0.25, 0.3) is 0 Å². The summed E-state index contributed by atoms with van der Waals surface area (Å²) in [5, 5.41) is 8.70. The van der Waals surface area contributed by atoms with E-state index in [-0.39, 0.29) is 5.82 Å². The highest BCUT2D eigenvalue weighted by molar-refractivity contribution is 5.87. The zero-order valence-electron chi connectivity index (χ0n) is 11.0. The van der Waals surface area contributed by atoms with Crippen molar-refractivity contribution in [3.63, 3.8) is 0 Å². The summed E-state index contributed by atoms with van der Waals surface area (Å²) in [5.41, 5.74) is 1.53. The molecule has 1 aromatic carbocycles. The van der Waals surface area contributed by atoms with Gasteiger partial charge in [0.2, 0.25) is 0 Å². The molecule has 3 nitrogen and oxygen atoms in total. The first-order chi connectivity index (χ1) is 9.08. The number of halogens is 1. The summed E-state index contributed by atoms with van der Waals surface area (Å²) in [4.78, 5) is 12.8. The SMILES string of the molecule is CC1CCCCN1c1ccc(F)cc1/C=C/C(=O)O. The Morgan fingerprint density at radius 1 is 1.47 bits per heavy atom. The summed E-state index contributed by atoms with van der Waals surface area (Å²) in [6.45, 7) is 3.08. The van der Waals surface area contributed by atoms with Gasteiger partial charge in [-0.1, -0.05) is 0 Å². The number of hydrogen-bond donors (Lipinski definition) is 1. The average molecular weight is 263 g/mol. The van der Waals surface area contributed by atoms with E-state index in [1.807, 2.05) is 0 Å². The molecule has 2 rings (SSSR count). The molecular weight excluding hydrogens is 245 g/mol. The first-order valence-corrected chi connectivity index (χ1v) is 6.55. The lowest BCUT2D eigenvalue weighted by molar-refractivity contribution is -0.131. The third-order valence-corrected chi connectivity index (χ3v) is 3.51. The van der Waals surface area contributed by atoms with Crippen LogP contribution in [0, 0.1) is 5.82 Å². The number of hydrogen-bond acceptors (Lipinski definition) is 2. The maximum absolute atomic E-state index is 13.3. The first kappa shape index (κ1) is 13.6. The van der Waals surface area contributed by atoms with E-state index in [2.05, 4.69) is 11.8 Å². The van der Waals surface area contributed by atoms with E-state index in [0.29, 0.717) is 11.6 Å². The summed E-state index contributed by atoms with van der Waals surface area (Å²) >= 11 is 0. The predicted octanol–water partition coefficient (Wildman–Crippen LogP) is 3.30.